The van der Waals surface area contributed by atoms with Crippen molar-refractivity contribution in [2.45, 2.75) is 39.0 Å². The molecule has 2 aromatic heterocycles. The van der Waals surface area contributed by atoms with Gasteiger partial charge >= 0.3 is 17.8 Å². The summed E-state index contributed by atoms with van der Waals surface area (Å²) in [5.74, 6) is -0.791. The zero-order chi connectivity index (χ0) is 28.6. The maximum Gasteiger partial charge on any atom is 0.431 e. The largest absolute Gasteiger partial charge is 0.479 e. The lowest BCUT2D eigenvalue weighted by atomic mass is 10.0. The van der Waals surface area contributed by atoms with E-state index in [1.165, 1.54) is 12.1 Å². The van der Waals surface area contributed by atoms with E-state index in [1.54, 1.807) is 31.2 Å². The number of carboxylic acid groups (broad SMARTS) is 1. The topological polar surface area (TPSA) is 103 Å². The van der Waals surface area contributed by atoms with Crippen molar-refractivity contribution in [2.75, 3.05) is 0 Å². The minimum Gasteiger partial charge on any atom is -0.479 e. The Kier molecular flexibility index (Phi) is 7.51. The van der Waals surface area contributed by atoms with Crippen LogP contribution in [-0.4, -0.2) is 30.7 Å². The van der Waals surface area contributed by atoms with E-state index < -0.39 is 35.2 Å². The van der Waals surface area contributed by atoms with E-state index >= 15 is 0 Å². The van der Waals surface area contributed by atoms with Crippen molar-refractivity contribution in [3.05, 3.63) is 86.7 Å². The third kappa shape index (κ3) is 5.65. The summed E-state index contributed by atoms with van der Waals surface area (Å²) in [6.07, 6.45) is -5.22. The van der Waals surface area contributed by atoms with Crippen molar-refractivity contribution in [3.63, 3.8) is 0 Å². The fourth-order valence-corrected chi connectivity index (χ4v) is 4.87. The van der Waals surface area contributed by atoms with Gasteiger partial charge < -0.3 is 9.84 Å². The first-order chi connectivity index (χ1) is 18.3. The summed E-state index contributed by atoms with van der Waals surface area (Å²) in [7, 11) is 0.951. The SMILES string of the molecule is C=C(C)CCC(Oc1ccc(C)c(-c2nsc3ccc(-n4c(=O)cc(C(F)(F)F)n(C)c4=O)cc23)c1)C(=O)O. The van der Waals surface area contributed by atoms with Gasteiger partial charge in [0.25, 0.3) is 5.56 Å². The number of benzene rings is 2. The van der Waals surface area contributed by atoms with Gasteiger partial charge in [0.15, 0.2) is 6.10 Å². The van der Waals surface area contributed by atoms with Crippen LogP contribution >= 0.6 is 11.5 Å². The van der Waals surface area contributed by atoms with Crippen LogP contribution in [0.1, 0.15) is 31.0 Å². The second-order valence-corrected chi connectivity index (χ2v) is 9.98. The maximum atomic E-state index is 13.3. The van der Waals surface area contributed by atoms with Crippen molar-refractivity contribution in [3.8, 4) is 22.7 Å². The monoisotopic (exact) mass is 559 g/mol. The number of aryl methyl sites for hydroxylation is 1. The number of hydrogen-bond acceptors (Lipinski definition) is 6. The van der Waals surface area contributed by atoms with Gasteiger partial charge in [-0.2, -0.15) is 17.5 Å². The first-order valence-corrected chi connectivity index (χ1v) is 12.5. The van der Waals surface area contributed by atoms with Crippen molar-refractivity contribution >= 4 is 27.6 Å². The molecule has 0 radical (unpaired) electrons. The van der Waals surface area contributed by atoms with E-state index in [4.69, 9.17) is 4.74 Å². The summed E-state index contributed by atoms with van der Waals surface area (Å²) in [5, 5.41) is 10.1. The molecular weight excluding hydrogens is 535 g/mol. The lowest BCUT2D eigenvalue weighted by molar-refractivity contribution is -0.145. The molecule has 4 rings (SSSR count). The third-order valence-corrected chi connectivity index (χ3v) is 7.00. The van der Waals surface area contributed by atoms with Gasteiger partial charge in [-0.05, 0) is 74.1 Å². The van der Waals surface area contributed by atoms with Crippen LogP contribution in [0.3, 0.4) is 0 Å². The molecular formula is C27H24F3N3O5S. The van der Waals surface area contributed by atoms with Crippen LogP contribution < -0.4 is 16.0 Å². The maximum absolute atomic E-state index is 13.3. The fourth-order valence-electron chi connectivity index (χ4n) is 4.10. The molecule has 1 unspecified atom stereocenters. The zero-order valence-electron chi connectivity index (χ0n) is 21.2. The van der Waals surface area contributed by atoms with Gasteiger partial charge in [0.1, 0.15) is 11.4 Å². The van der Waals surface area contributed by atoms with Crippen LogP contribution in [0.5, 0.6) is 5.75 Å². The predicted molar refractivity (Wildman–Crippen MR) is 142 cm³/mol. The van der Waals surface area contributed by atoms with Crippen LogP contribution in [0.15, 0.2) is 64.2 Å². The zero-order valence-corrected chi connectivity index (χ0v) is 22.0. The van der Waals surface area contributed by atoms with Crippen LogP contribution in [0.25, 0.3) is 27.0 Å². The number of aliphatic carboxylic acids is 1. The van der Waals surface area contributed by atoms with Gasteiger partial charge in [-0.1, -0.05) is 11.6 Å². The minimum atomic E-state index is -4.87. The third-order valence-electron chi connectivity index (χ3n) is 6.17. The Hall–Kier alpha value is -4.19. The molecule has 0 aliphatic carbocycles. The average Bonchev–Trinajstić information content (AvgIpc) is 3.27. The number of halogens is 3. The van der Waals surface area contributed by atoms with E-state index in [1.807, 2.05) is 6.92 Å². The van der Waals surface area contributed by atoms with Crippen molar-refractivity contribution in [1.29, 1.82) is 0 Å². The van der Waals surface area contributed by atoms with E-state index in [0.717, 1.165) is 29.7 Å². The molecule has 0 spiro atoms. The van der Waals surface area contributed by atoms with E-state index in [9.17, 15) is 32.7 Å². The quantitative estimate of drug-likeness (QED) is 0.293. The number of carboxylic acids is 1. The highest BCUT2D eigenvalue weighted by Crippen LogP contribution is 2.36. The average molecular weight is 560 g/mol. The summed E-state index contributed by atoms with van der Waals surface area (Å²) in [6.45, 7) is 7.43. The van der Waals surface area contributed by atoms with E-state index in [2.05, 4.69) is 11.0 Å². The molecule has 0 amide bonds. The first kappa shape index (κ1) is 27.8. The van der Waals surface area contributed by atoms with Gasteiger partial charge in [-0.25, -0.2) is 14.2 Å². The van der Waals surface area contributed by atoms with Gasteiger partial charge in [0, 0.05) is 24.1 Å². The molecule has 12 heteroatoms. The number of nitrogens with zero attached hydrogens (tertiary/aromatic N) is 3. The smallest absolute Gasteiger partial charge is 0.431 e. The molecule has 0 saturated carbocycles. The molecule has 204 valence electrons. The van der Waals surface area contributed by atoms with Crippen molar-refractivity contribution < 1.29 is 27.8 Å². The van der Waals surface area contributed by atoms with Crippen LogP contribution in [0.4, 0.5) is 13.2 Å². The Morgan fingerprint density at radius 1 is 1.18 bits per heavy atom. The highest BCUT2D eigenvalue weighted by molar-refractivity contribution is 7.13. The molecule has 0 bridgehead atoms. The first-order valence-electron chi connectivity index (χ1n) is 11.7. The Balaban J connectivity index is 1.79. The molecule has 0 aliphatic heterocycles. The van der Waals surface area contributed by atoms with Crippen LogP contribution in [0.2, 0.25) is 0 Å². The van der Waals surface area contributed by atoms with Crippen molar-refractivity contribution in [2.24, 2.45) is 7.05 Å². The summed E-state index contributed by atoms with van der Waals surface area (Å²) >= 11 is 1.16. The summed E-state index contributed by atoms with van der Waals surface area (Å²) in [6, 6.07) is 10.1. The molecule has 39 heavy (non-hydrogen) atoms. The normalized spacial score (nSPS) is 12.5. The second kappa shape index (κ2) is 10.5. The molecule has 4 aromatic rings. The van der Waals surface area contributed by atoms with Gasteiger partial charge in [-0.3, -0.25) is 9.36 Å². The number of fused-ring (bicyclic) bond motifs is 1. The van der Waals surface area contributed by atoms with Gasteiger partial charge in [0.2, 0.25) is 0 Å². The molecule has 8 nitrogen and oxygen atoms in total. The number of hydrogen-bond donors (Lipinski definition) is 1. The van der Waals surface area contributed by atoms with Gasteiger partial charge in [0.05, 0.1) is 16.1 Å². The standard InChI is InChI=1S/C27H24F3N3O5S/c1-14(2)5-9-20(25(35)36)38-17-8-6-15(3)18(12-17)24-19-11-16(7-10-21(19)39-31-24)33-23(34)13-22(27(28,29)30)32(4)26(33)37/h6-8,10-13,20H,1,5,9H2,2-4H3,(H,35,36). The van der Waals surface area contributed by atoms with Crippen LogP contribution in [-0.2, 0) is 18.0 Å². The number of allylic oxidation sites excluding steroid dienone is 1. The molecule has 0 fully saturated rings. The second-order valence-electron chi connectivity index (χ2n) is 9.17. The summed E-state index contributed by atoms with van der Waals surface area (Å²) in [5.41, 5.74) is -0.756. The van der Waals surface area contributed by atoms with Crippen LogP contribution in [0, 0.1) is 6.92 Å². The number of aromatic nitrogens is 3. The van der Waals surface area contributed by atoms with E-state index in [0.29, 0.717) is 48.7 Å². The van der Waals surface area contributed by atoms with E-state index in [-0.39, 0.29) is 12.1 Å². The molecule has 1 atom stereocenters. The Labute approximate surface area is 224 Å². The highest BCUT2D eigenvalue weighted by atomic mass is 32.1. The Morgan fingerprint density at radius 2 is 1.90 bits per heavy atom. The predicted octanol–water partition coefficient (Wildman–Crippen LogP) is 5.33. The number of alkyl halides is 3. The number of carbonyl (C=O) groups is 1. The number of rotatable bonds is 8. The molecule has 1 N–H and O–H groups in total. The molecule has 2 aromatic carbocycles. The van der Waals surface area contributed by atoms with Gasteiger partial charge in [-0.15, -0.1) is 6.58 Å². The highest BCUT2D eigenvalue weighted by Gasteiger charge is 2.35. The molecule has 0 aliphatic rings. The Bertz CT molecular complexity index is 1720. The lowest BCUT2D eigenvalue weighted by Gasteiger charge is -2.16. The summed E-state index contributed by atoms with van der Waals surface area (Å²) in [4.78, 5) is 37.1. The minimum absolute atomic E-state index is 0.0825. The molecule has 2 heterocycles. The molecule has 0 saturated heterocycles. The number of ether oxygens (including phenoxy) is 1. The fraction of sp³-hybridized carbons (Fsp3) is 0.259. The Morgan fingerprint density at radius 3 is 2.54 bits per heavy atom. The lowest BCUT2D eigenvalue weighted by Crippen LogP contribution is -2.40. The summed E-state index contributed by atoms with van der Waals surface area (Å²) < 4.78 is 51.8. The van der Waals surface area contributed by atoms with Crippen molar-refractivity contribution in [1.82, 2.24) is 13.5 Å².